The predicted molar refractivity (Wildman–Crippen MR) is 41.8 cm³/mol. The molecule has 0 aliphatic carbocycles. The summed E-state index contributed by atoms with van der Waals surface area (Å²) in [5.41, 5.74) is 0. The van der Waals surface area contributed by atoms with Gasteiger partial charge < -0.3 is 4.90 Å². The Morgan fingerprint density at radius 3 is 2.47 bits per heavy atom. The Balaban J connectivity index is 2.71. The lowest BCUT2D eigenvalue weighted by atomic mass is 10.1. The normalized spacial score (nSPS) is 18.5. The summed E-state index contributed by atoms with van der Waals surface area (Å²) in [6.45, 7) is -0.575. The number of nitrogens with zero attached hydrogens (tertiary/aromatic N) is 1. The summed E-state index contributed by atoms with van der Waals surface area (Å²) in [5, 5.41) is 0. The number of piperidine rings is 1. The SMILES string of the molecule is O=C1CCCN(C(=O)C(F)(F)C(F)F)C1. The van der Waals surface area contributed by atoms with Crippen LogP contribution < -0.4 is 0 Å². The van der Waals surface area contributed by atoms with Crippen molar-refractivity contribution < 1.29 is 27.2 Å². The number of rotatable bonds is 2. The molecule has 1 saturated heterocycles. The van der Waals surface area contributed by atoms with E-state index in [2.05, 4.69) is 0 Å². The van der Waals surface area contributed by atoms with Crippen molar-refractivity contribution in [2.45, 2.75) is 25.2 Å². The van der Waals surface area contributed by atoms with Crippen molar-refractivity contribution in [1.29, 1.82) is 0 Å². The van der Waals surface area contributed by atoms with Crippen molar-refractivity contribution in [2.24, 2.45) is 0 Å². The minimum atomic E-state index is -4.70. The number of hydrogen-bond acceptors (Lipinski definition) is 2. The average molecular weight is 227 g/mol. The number of carbonyl (C=O) groups is 2. The van der Waals surface area contributed by atoms with Gasteiger partial charge in [0.1, 0.15) is 0 Å². The number of hydrogen-bond donors (Lipinski definition) is 0. The van der Waals surface area contributed by atoms with E-state index in [-0.39, 0.29) is 25.2 Å². The zero-order valence-electron chi connectivity index (χ0n) is 7.68. The first-order valence-electron chi connectivity index (χ1n) is 4.32. The summed E-state index contributed by atoms with van der Waals surface area (Å²) in [4.78, 5) is 22.3. The fraction of sp³-hybridized carbons (Fsp3) is 0.750. The highest BCUT2D eigenvalue weighted by molar-refractivity contribution is 5.90. The molecule has 15 heavy (non-hydrogen) atoms. The Hall–Kier alpha value is -1.14. The van der Waals surface area contributed by atoms with Crippen LogP contribution >= 0.6 is 0 Å². The van der Waals surface area contributed by atoms with E-state index in [4.69, 9.17) is 0 Å². The van der Waals surface area contributed by atoms with Crippen LogP contribution in [-0.4, -0.2) is 42.0 Å². The van der Waals surface area contributed by atoms with Crippen LogP contribution in [0.5, 0.6) is 0 Å². The molecule has 0 aromatic rings. The Morgan fingerprint density at radius 1 is 1.40 bits per heavy atom. The second kappa shape index (κ2) is 4.16. The number of halogens is 4. The molecule has 3 nitrogen and oxygen atoms in total. The molecule has 0 spiro atoms. The van der Waals surface area contributed by atoms with E-state index in [1.54, 1.807) is 0 Å². The first-order chi connectivity index (χ1) is 6.85. The van der Waals surface area contributed by atoms with Crippen LogP contribution in [0, 0.1) is 0 Å². The van der Waals surface area contributed by atoms with Crippen molar-refractivity contribution in [1.82, 2.24) is 4.90 Å². The molecule has 1 aliphatic heterocycles. The standard InChI is InChI=1S/C8H9F4NO2/c9-6(10)8(11,12)7(15)13-3-1-2-5(14)4-13/h6H,1-4H2. The van der Waals surface area contributed by atoms with Gasteiger partial charge in [-0.3, -0.25) is 9.59 Å². The minimum Gasteiger partial charge on any atom is -0.330 e. The predicted octanol–water partition coefficient (Wildman–Crippen LogP) is 1.08. The van der Waals surface area contributed by atoms with Crippen LogP contribution in [0.25, 0.3) is 0 Å². The Bertz CT molecular complexity index is 280. The van der Waals surface area contributed by atoms with Crippen molar-refractivity contribution in [3.63, 3.8) is 0 Å². The highest BCUT2D eigenvalue weighted by atomic mass is 19.3. The molecule has 0 radical (unpaired) electrons. The summed E-state index contributed by atoms with van der Waals surface area (Å²) < 4.78 is 48.9. The summed E-state index contributed by atoms with van der Waals surface area (Å²) in [5.74, 6) is -7.05. The van der Waals surface area contributed by atoms with Gasteiger partial charge in [0.15, 0.2) is 5.78 Å². The molecule has 0 aromatic carbocycles. The van der Waals surface area contributed by atoms with Gasteiger partial charge in [-0.05, 0) is 6.42 Å². The van der Waals surface area contributed by atoms with Gasteiger partial charge in [-0.2, -0.15) is 8.78 Å². The number of Topliss-reactive ketones (excluding diaryl/α,β-unsaturated/α-hetero) is 1. The monoisotopic (exact) mass is 227 g/mol. The first-order valence-corrected chi connectivity index (χ1v) is 4.32. The van der Waals surface area contributed by atoms with Gasteiger partial charge in [0.2, 0.25) is 0 Å². The van der Waals surface area contributed by atoms with Crippen molar-refractivity contribution in [2.75, 3.05) is 13.1 Å². The fourth-order valence-electron chi connectivity index (χ4n) is 1.32. The van der Waals surface area contributed by atoms with Crippen molar-refractivity contribution in [3.8, 4) is 0 Å². The molecule has 0 N–H and O–H groups in total. The Morgan fingerprint density at radius 2 is 2.00 bits per heavy atom. The molecule has 1 aliphatic rings. The van der Waals surface area contributed by atoms with Crippen LogP contribution in [0.3, 0.4) is 0 Å². The lowest BCUT2D eigenvalue weighted by Crippen LogP contribution is -2.51. The topological polar surface area (TPSA) is 37.4 Å². The number of alkyl halides is 4. The third-order valence-electron chi connectivity index (χ3n) is 2.10. The van der Waals surface area contributed by atoms with E-state index in [1.807, 2.05) is 0 Å². The van der Waals surface area contributed by atoms with Gasteiger partial charge in [0.25, 0.3) is 5.91 Å². The number of carbonyl (C=O) groups excluding carboxylic acids is 2. The molecule has 0 saturated carbocycles. The van der Waals surface area contributed by atoms with Gasteiger partial charge in [0, 0.05) is 13.0 Å². The fourth-order valence-corrected chi connectivity index (χ4v) is 1.32. The highest BCUT2D eigenvalue weighted by Crippen LogP contribution is 2.26. The summed E-state index contributed by atoms with van der Waals surface area (Å²) in [6.07, 6.45) is -3.60. The molecule has 1 rings (SSSR count). The Kier molecular flexibility index (Phi) is 3.31. The van der Waals surface area contributed by atoms with Crippen LogP contribution in [-0.2, 0) is 9.59 Å². The van der Waals surface area contributed by atoms with Crippen LogP contribution in [0.2, 0.25) is 0 Å². The zero-order chi connectivity index (χ0) is 11.6. The minimum absolute atomic E-state index is 0.0765. The maximum absolute atomic E-state index is 12.6. The van der Waals surface area contributed by atoms with Crippen LogP contribution in [0.15, 0.2) is 0 Å². The highest BCUT2D eigenvalue weighted by Gasteiger charge is 2.51. The van der Waals surface area contributed by atoms with E-state index in [9.17, 15) is 27.2 Å². The van der Waals surface area contributed by atoms with Gasteiger partial charge >= 0.3 is 12.3 Å². The summed E-state index contributed by atoms with van der Waals surface area (Å²) in [6, 6.07) is 0. The Labute approximate surface area is 83.0 Å². The second-order valence-corrected chi connectivity index (χ2v) is 3.29. The van der Waals surface area contributed by atoms with E-state index in [1.165, 1.54) is 0 Å². The van der Waals surface area contributed by atoms with E-state index < -0.39 is 24.8 Å². The van der Waals surface area contributed by atoms with Crippen LogP contribution in [0.1, 0.15) is 12.8 Å². The molecule has 1 fully saturated rings. The van der Waals surface area contributed by atoms with Crippen molar-refractivity contribution in [3.05, 3.63) is 0 Å². The molecule has 0 aromatic heterocycles. The number of ketones is 1. The molecule has 0 unspecified atom stereocenters. The third kappa shape index (κ3) is 2.45. The van der Waals surface area contributed by atoms with Crippen molar-refractivity contribution >= 4 is 11.7 Å². The molecule has 86 valence electrons. The first kappa shape index (κ1) is 11.9. The zero-order valence-corrected chi connectivity index (χ0v) is 7.68. The van der Waals surface area contributed by atoms with Gasteiger partial charge in [0.05, 0.1) is 6.54 Å². The van der Waals surface area contributed by atoms with Gasteiger partial charge in [-0.25, -0.2) is 8.78 Å². The smallest absolute Gasteiger partial charge is 0.330 e. The lowest BCUT2D eigenvalue weighted by molar-refractivity contribution is -0.181. The number of amides is 1. The molecule has 1 heterocycles. The third-order valence-corrected chi connectivity index (χ3v) is 2.10. The number of likely N-dealkylation sites (tertiary alicyclic amines) is 1. The maximum atomic E-state index is 12.6. The summed E-state index contributed by atoms with van der Waals surface area (Å²) >= 11 is 0. The summed E-state index contributed by atoms with van der Waals surface area (Å²) in [7, 11) is 0. The van der Waals surface area contributed by atoms with Gasteiger partial charge in [-0.1, -0.05) is 0 Å². The van der Waals surface area contributed by atoms with E-state index >= 15 is 0 Å². The molecule has 0 atom stereocenters. The lowest BCUT2D eigenvalue weighted by Gasteiger charge is -2.28. The largest absolute Gasteiger partial charge is 0.383 e. The van der Waals surface area contributed by atoms with Crippen LogP contribution in [0.4, 0.5) is 17.6 Å². The molecule has 0 bridgehead atoms. The van der Waals surface area contributed by atoms with Gasteiger partial charge in [-0.15, -0.1) is 0 Å². The maximum Gasteiger partial charge on any atom is 0.383 e. The average Bonchev–Trinajstić information content (AvgIpc) is 2.16. The van der Waals surface area contributed by atoms with E-state index in [0.717, 1.165) is 0 Å². The quantitative estimate of drug-likeness (QED) is 0.662. The molecule has 7 heteroatoms. The molecular formula is C8H9F4NO2. The second-order valence-electron chi connectivity index (χ2n) is 3.29. The molecule has 1 amide bonds. The molecular weight excluding hydrogens is 218 g/mol. The van der Waals surface area contributed by atoms with E-state index in [0.29, 0.717) is 4.90 Å².